The van der Waals surface area contributed by atoms with Crippen LogP contribution in [-0.4, -0.2) is 24.9 Å². The van der Waals surface area contributed by atoms with Gasteiger partial charge >= 0.3 is 0 Å². The van der Waals surface area contributed by atoms with Crippen molar-refractivity contribution in [3.05, 3.63) is 23.9 Å². The van der Waals surface area contributed by atoms with Crippen LogP contribution >= 0.6 is 0 Å². The van der Waals surface area contributed by atoms with E-state index in [0.29, 0.717) is 5.88 Å². The van der Waals surface area contributed by atoms with Crippen molar-refractivity contribution in [2.45, 2.75) is 6.92 Å². The van der Waals surface area contributed by atoms with Crippen LogP contribution in [0, 0.1) is 0 Å². The van der Waals surface area contributed by atoms with Crippen LogP contribution in [0.2, 0.25) is 0 Å². The van der Waals surface area contributed by atoms with Crippen LogP contribution < -0.4 is 4.74 Å². The van der Waals surface area contributed by atoms with Crippen molar-refractivity contribution in [2.24, 2.45) is 5.16 Å². The lowest BCUT2D eigenvalue weighted by atomic mass is 10.2. The SMILES string of the molecule is CO/N=C(\C)c1ccc(OC)nc1. The minimum absolute atomic E-state index is 0.592. The predicted octanol–water partition coefficient (Wildman–Crippen LogP) is 1.46. The van der Waals surface area contributed by atoms with E-state index in [9.17, 15) is 0 Å². The van der Waals surface area contributed by atoms with Gasteiger partial charge in [-0.2, -0.15) is 0 Å². The number of aromatic nitrogens is 1. The number of ether oxygens (including phenoxy) is 1. The fraction of sp³-hybridized carbons (Fsp3) is 0.333. The normalized spacial score (nSPS) is 11.2. The van der Waals surface area contributed by atoms with Crippen LogP contribution in [0.1, 0.15) is 12.5 Å². The number of oxime groups is 1. The molecule has 1 rings (SSSR count). The predicted molar refractivity (Wildman–Crippen MR) is 50.0 cm³/mol. The summed E-state index contributed by atoms with van der Waals surface area (Å²) in [5, 5.41) is 3.79. The molecule has 0 aliphatic heterocycles. The third-order valence-corrected chi connectivity index (χ3v) is 1.59. The minimum atomic E-state index is 0.592. The van der Waals surface area contributed by atoms with Crippen LogP contribution in [0.25, 0.3) is 0 Å². The minimum Gasteiger partial charge on any atom is -0.481 e. The van der Waals surface area contributed by atoms with Crippen molar-refractivity contribution in [1.82, 2.24) is 4.98 Å². The maximum Gasteiger partial charge on any atom is 0.212 e. The Kier molecular flexibility index (Phi) is 3.25. The Labute approximate surface area is 77.2 Å². The van der Waals surface area contributed by atoms with Crippen molar-refractivity contribution in [2.75, 3.05) is 14.2 Å². The molecule has 0 bridgehead atoms. The number of hydrogen-bond donors (Lipinski definition) is 0. The van der Waals surface area contributed by atoms with Gasteiger partial charge in [0, 0.05) is 17.8 Å². The van der Waals surface area contributed by atoms with Crippen molar-refractivity contribution in [1.29, 1.82) is 0 Å². The summed E-state index contributed by atoms with van der Waals surface area (Å²) in [4.78, 5) is 8.69. The van der Waals surface area contributed by atoms with Crippen molar-refractivity contribution >= 4 is 5.71 Å². The van der Waals surface area contributed by atoms with E-state index in [4.69, 9.17) is 4.74 Å². The molecule has 0 amide bonds. The first-order chi connectivity index (χ1) is 6.27. The lowest BCUT2D eigenvalue weighted by Gasteiger charge is -2.00. The van der Waals surface area contributed by atoms with E-state index < -0.39 is 0 Å². The summed E-state index contributed by atoms with van der Waals surface area (Å²) in [7, 11) is 3.10. The first-order valence-electron chi connectivity index (χ1n) is 3.86. The quantitative estimate of drug-likeness (QED) is 0.522. The zero-order valence-corrected chi connectivity index (χ0v) is 7.94. The molecule has 0 aliphatic carbocycles. The molecule has 0 unspecified atom stereocenters. The highest BCUT2D eigenvalue weighted by atomic mass is 16.6. The van der Waals surface area contributed by atoms with Gasteiger partial charge in [0.15, 0.2) is 0 Å². The number of nitrogens with zero attached hydrogens (tertiary/aromatic N) is 2. The smallest absolute Gasteiger partial charge is 0.212 e. The summed E-state index contributed by atoms with van der Waals surface area (Å²) in [6, 6.07) is 3.66. The highest BCUT2D eigenvalue weighted by molar-refractivity contribution is 5.98. The van der Waals surface area contributed by atoms with Gasteiger partial charge < -0.3 is 9.57 Å². The van der Waals surface area contributed by atoms with E-state index >= 15 is 0 Å². The second-order valence-electron chi connectivity index (χ2n) is 2.45. The van der Waals surface area contributed by atoms with Gasteiger partial charge in [-0.05, 0) is 13.0 Å². The topological polar surface area (TPSA) is 43.7 Å². The van der Waals surface area contributed by atoms with Crippen molar-refractivity contribution in [3.63, 3.8) is 0 Å². The molecule has 0 spiro atoms. The van der Waals surface area contributed by atoms with Crippen LogP contribution in [0.4, 0.5) is 0 Å². The fourth-order valence-corrected chi connectivity index (χ4v) is 0.905. The van der Waals surface area contributed by atoms with Gasteiger partial charge in [0.2, 0.25) is 5.88 Å². The molecule has 0 saturated heterocycles. The highest BCUT2D eigenvalue weighted by Crippen LogP contribution is 2.07. The fourth-order valence-electron chi connectivity index (χ4n) is 0.905. The molecule has 1 heterocycles. The van der Waals surface area contributed by atoms with Gasteiger partial charge in [0.05, 0.1) is 12.8 Å². The van der Waals surface area contributed by atoms with Crippen LogP contribution in [-0.2, 0) is 4.84 Å². The molecule has 0 N–H and O–H groups in total. The summed E-state index contributed by atoms with van der Waals surface area (Å²) in [6.07, 6.45) is 1.69. The molecule has 1 aromatic rings. The number of hydrogen-bond acceptors (Lipinski definition) is 4. The second kappa shape index (κ2) is 4.45. The first-order valence-corrected chi connectivity index (χ1v) is 3.86. The Morgan fingerprint density at radius 1 is 1.38 bits per heavy atom. The van der Waals surface area contributed by atoms with E-state index in [-0.39, 0.29) is 0 Å². The molecule has 70 valence electrons. The maximum absolute atomic E-state index is 4.93. The summed E-state index contributed by atoms with van der Waals surface area (Å²) in [5.41, 5.74) is 1.71. The van der Waals surface area contributed by atoms with Crippen LogP contribution in [0.3, 0.4) is 0 Å². The molecule has 0 radical (unpaired) electrons. The van der Waals surface area contributed by atoms with E-state index in [1.807, 2.05) is 13.0 Å². The Bertz CT molecular complexity index is 293. The summed E-state index contributed by atoms with van der Waals surface area (Å²) >= 11 is 0. The van der Waals surface area contributed by atoms with Crippen molar-refractivity contribution < 1.29 is 9.57 Å². The number of methoxy groups -OCH3 is 1. The summed E-state index contributed by atoms with van der Waals surface area (Å²) in [6.45, 7) is 1.85. The Morgan fingerprint density at radius 2 is 2.15 bits per heavy atom. The average molecular weight is 180 g/mol. The van der Waals surface area contributed by atoms with Crippen LogP contribution in [0.5, 0.6) is 5.88 Å². The van der Waals surface area contributed by atoms with Crippen molar-refractivity contribution in [3.8, 4) is 5.88 Å². The molecule has 4 nitrogen and oxygen atoms in total. The first kappa shape index (κ1) is 9.51. The largest absolute Gasteiger partial charge is 0.481 e. The molecule has 0 aliphatic rings. The van der Waals surface area contributed by atoms with Crippen LogP contribution in [0.15, 0.2) is 23.5 Å². The highest BCUT2D eigenvalue weighted by Gasteiger charge is 1.98. The molecule has 0 atom stereocenters. The third kappa shape index (κ3) is 2.43. The average Bonchev–Trinajstić information content (AvgIpc) is 2.18. The monoisotopic (exact) mass is 180 g/mol. The molecular formula is C9H12N2O2. The maximum atomic E-state index is 4.93. The van der Waals surface area contributed by atoms with E-state index in [2.05, 4.69) is 15.0 Å². The molecule has 1 aromatic heterocycles. The molecule has 0 saturated carbocycles. The molecule has 4 heteroatoms. The molecular weight excluding hydrogens is 168 g/mol. The third-order valence-electron chi connectivity index (χ3n) is 1.59. The lowest BCUT2D eigenvalue weighted by molar-refractivity contribution is 0.213. The number of pyridine rings is 1. The van der Waals surface area contributed by atoms with Gasteiger partial charge in [0.25, 0.3) is 0 Å². The Balaban J connectivity index is 2.85. The van der Waals surface area contributed by atoms with Gasteiger partial charge in [-0.15, -0.1) is 0 Å². The number of rotatable bonds is 3. The van der Waals surface area contributed by atoms with Gasteiger partial charge in [-0.25, -0.2) is 4.98 Å². The lowest BCUT2D eigenvalue weighted by Crippen LogP contribution is -1.97. The van der Waals surface area contributed by atoms with E-state index in [1.54, 1.807) is 19.4 Å². The molecule has 0 fully saturated rings. The molecule has 13 heavy (non-hydrogen) atoms. The second-order valence-corrected chi connectivity index (χ2v) is 2.45. The zero-order valence-electron chi connectivity index (χ0n) is 7.94. The van der Waals surface area contributed by atoms with E-state index in [0.717, 1.165) is 11.3 Å². The van der Waals surface area contributed by atoms with Gasteiger partial charge in [-0.3, -0.25) is 0 Å². The molecule has 0 aromatic carbocycles. The Morgan fingerprint density at radius 3 is 2.62 bits per heavy atom. The van der Waals surface area contributed by atoms with Gasteiger partial charge in [0.1, 0.15) is 7.11 Å². The van der Waals surface area contributed by atoms with E-state index in [1.165, 1.54) is 7.11 Å². The Hall–Kier alpha value is -1.58. The zero-order chi connectivity index (χ0) is 9.68. The summed E-state index contributed by atoms with van der Waals surface area (Å²) < 4.78 is 4.93. The summed E-state index contributed by atoms with van der Waals surface area (Å²) in [5.74, 6) is 0.592. The van der Waals surface area contributed by atoms with Gasteiger partial charge in [-0.1, -0.05) is 5.16 Å². The standard InChI is InChI=1S/C9H12N2O2/c1-7(11-13-3)8-4-5-9(12-2)10-6-8/h4-6H,1-3H3/b11-7+.